The molecule has 2 amide bonds. The minimum absolute atomic E-state index is 0.0194. The Morgan fingerprint density at radius 2 is 1.78 bits per heavy atom. The lowest BCUT2D eigenvalue weighted by Crippen LogP contribution is -2.52. The van der Waals surface area contributed by atoms with Crippen molar-refractivity contribution in [2.24, 2.45) is 11.8 Å². The molecular formula is C21H18ClNO9. The number of hydrogen-bond donors (Lipinski definition) is 0. The fraction of sp³-hybridized carbons (Fsp3) is 0.381. The van der Waals surface area contributed by atoms with E-state index in [9.17, 15) is 24.0 Å². The molecule has 3 heterocycles. The molecule has 1 aromatic carbocycles. The molecule has 3 aliphatic heterocycles. The number of esters is 3. The Balaban J connectivity index is 1.75. The molecule has 4 rings (SSSR count). The van der Waals surface area contributed by atoms with Crippen molar-refractivity contribution in [2.75, 3.05) is 12.0 Å². The predicted octanol–water partition coefficient (Wildman–Crippen LogP) is 1.39. The Bertz CT molecular complexity index is 1070. The Kier molecular flexibility index (Phi) is 5.30. The van der Waals surface area contributed by atoms with Crippen molar-refractivity contribution in [3.63, 3.8) is 0 Å². The number of amides is 2. The van der Waals surface area contributed by atoms with Crippen LogP contribution in [-0.2, 0) is 38.1 Å². The number of ether oxygens (including phenoxy) is 4. The van der Waals surface area contributed by atoms with Crippen molar-refractivity contribution in [2.45, 2.75) is 31.8 Å². The summed E-state index contributed by atoms with van der Waals surface area (Å²) in [6, 6.07) is 4.07. The monoisotopic (exact) mass is 463 g/mol. The predicted molar refractivity (Wildman–Crippen MR) is 106 cm³/mol. The van der Waals surface area contributed by atoms with Gasteiger partial charge in [0.25, 0.3) is 6.29 Å². The van der Waals surface area contributed by atoms with Gasteiger partial charge in [0.05, 0.1) is 41.3 Å². The third-order valence-electron chi connectivity index (χ3n) is 5.61. The molecule has 0 aromatic heterocycles. The van der Waals surface area contributed by atoms with E-state index in [1.807, 2.05) is 0 Å². The van der Waals surface area contributed by atoms with Gasteiger partial charge in [0, 0.05) is 13.8 Å². The van der Waals surface area contributed by atoms with Crippen molar-refractivity contribution in [1.82, 2.24) is 0 Å². The largest absolute Gasteiger partial charge is 0.465 e. The number of rotatable bonds is 5. The summed E-state index contributed by atoms with van der Waals surface area (Å²) in [5.41, 5.74) is -1.56. The molecule has 0 N–H and O–H groups in total. The van der Waals surface area contributed by atoms with Crippen LogP contribution in [0.25, 0.3) is 0 Å². The van der Waals surface area contributed by atoms with Crippen LogP contribution in [0.3, 0.4) is 0 Å². The second-order valence-electron chi connectivity index (χ2n) is 7.52. The highest BCUT2D eigenvalue weighted by Crippen LogP contribution is 2.54. The van der Waals surface area contributed by atoms with Gasteiger partial charge in [-0.2, -0.15) is 0 Å². The first-order chi connectivity index (χ1) is 15.1. The summed E-state index contributed by atoms with van der Waals surface area (Å²) in [6.45, 7) is 2.23. The number of hydrogen-bond acceptors (Lipinski definition) is 9. The molecule has 0 unspecified atom stereocenters. The van der Waals surface area contributed by atoms with Crippen LogP contribution >= 0.6 is 11.6 Å². The molecular weight excluding hydrogens is 446 g/mol. The minimum atomic E-state index is -1.66. The maximum Gasteiger partial charge on any atom is 0.339 e. The Hall–Kier alpha value is -3.24. The molecule has 32 heavy (non-hydrogen) atoms. The van der Waals surface area contributed by atoms with E-state index in [4.69, 9.17) is 25.8 Å². The first-order valence-electron chi connectivity index (χ1n) is 9.58. The quantitative estimate of drug-likeness (QED) is 0.275. The van der Waals surface area contributed by atoms with E-state index in [0.29, 0.717) is 0 Å². The molecule has 0 radical (unpaired) electrons. The van der Waals surface area contributed by atoms with Gasteiger partial charge in [0.2, 0.25) is 11.8 Å². The lowest BCUT2D eigenvalue weighted by atomic mass is 9.76. The van der Waals surface area contributed by atoms with Gasteiger partial charge in [0.1, 0.15) is 0 Å². The average Bonchev–Trinajstić information content (AvgIpc) is 3.38. The average molecular weight is 464 g/mol. The highest BCUT2D eigenvalue weighted by Gasteiger charge is 2.72. The summed E-state index contributed by atoms with van der Waals surface area (Å²) in [5.74, 6) is -5.54. The van der Waals surface area contributed by atoms with Crippen molar-refractivity contribution < 1.29 is 42.9 Å². The zero-order valence-electron chi connectivity index (χ0n) is 17.2. The van der Waals surface area contributed by atoms with E-state index in [1.54, 1.807) is 6.08 Å². The van der Waals surface area contributed by atoms with Crippen molar-refractivity contribution >= 4 is 47.0 Å². The second-order valence-corrected chi connectivity index (χ2v) is 7.92. The lowest BCUT2D eigenvalue weighted by molar-refractivity contribution is -0.226. The van der Waals surface area contributed by atoms with Gasteiger partial charge < -0.3 is 18.9 Å². The van der Waals surface area contributed by atoms with Gasteiger partial charge in [0.15, 0.2) is 5.60 Å². The molecule has 2 fully saturated rings. The normalized spacial score (nSPS) is 27.7. The third-order valence-corrected chi connectivity index (χ3v) is 5.94. The number of methoxy groups -OCH3 is 1. The summed E-state index contributed by atoms with van der Waals surface area (Å²) in [4.78, 5) is 62.9. The third kappa shape index (κ3) is 3.18. The standard InChI is InChI=1S/C21H18ClNO9/c1-9(24)30-20(31-10(2)25)21-7-6-14(32-21)15-16(21)18(27)23(17(15)26)11-4-5-13(22)12(8-11)19(28)29-3/h4-8,14-16,20H,1-3H3/t14-,15+,16-,21-/m1/s1. The number of nitrogens with zero attached hydrogens (tertiary/aromatic N) is 1. The zero-order chi connectivity index (χ0) is 23.4. The smallest absolute Gasteiger partial charge is 0.339 e. The Morgan fingerprint density at radius 3 is 2.38 bits per heavy atom. The minimum Gasteiger partial charge on any atom is -0.465 e. The summed E-state index contributed by atoms with van der Waals surface area (Å²) in [6.07, 6.45) is 0.687. The van der Waals surface area contributed by atoms with Gasteiger partial charge >= 0.3 is 17.9 Å². The zero-order valence-corrected chi connectivity index (χ0v) is 18.0. The molecule has 11 heteroatoms. The van der Waals surface area contributed by atoms with Gasteiger partial charge in [-0.3, -0.25) is 19.2 Å². The van der Waals surface area contributed by atoms with Gasteiger partial charge in [-0.05, 0) is 24.3 Å². The number of carbonyl (C=O) groups is 5. The number of benzene rings is 1. The van der Waals surface area contributed by atoms with Crippen LogP contribution < -0.4 is 4.90 Å². The molecule has 0 aliphatic carbocycles. The van der Waals surface area contributed by atoms with Crippen LogP contribution in [0.15, 0.2) is 30.4 Å². The molecule has 1 aromatic rings. The summed E-state index contributed by atoms with van der Waals surface area (Å²) < 4.78 is 20.9. The van der Waals surface area contributed by atoms with Gasteiger partial charge in [-0.25, -0.2) is 9.69 Å². The molecule has 0 saturated carbocycles. The SMILES string of the molecule is COC(=O)c1cc(N2C(=O)[C@H]3[C@H]4C=C[C@@](C(OC(C)=O)OC(C)=O)(O4)[C@H]3C2=O)ccc1Cl. The van der Waals surface area contributed by atoms with Crippen LogP contribution in [0, 0.1) is 11.8 Å². The summed E-state index contributed by atoms with van der Waals surface area (Å²) in [7, 11) is 1.18. The summed E-state index contributed by atoms with van der Waals surface area (Å²) in [5, 5.41) is 0.0891. The van der Waals surface area contributed by atoms with Crippen LogP contribution in [0.2, 0.25) is 5.02 Å². The number of anilines is 1. The molecule has 10 nitrogen and oxygen atoms in total. The van der Waals surface area contributed by atoms with E-state index < -0.39 is 59.6 Å². The van der Waals surface area contributed by atoms with Crippen LogP contribution in [0.5, 0.6) is 0 Å². The highest BCUT2D eigenvalue weighted by atomic mass is 35.5. The van der Waals surface area contributed by atoms with Crippen molar-refractivity contribution in [1.29, 1.82) is 0 Å². The Morgan fingerprint density at radius 1 is 1.12 bits per heavy atom. The summed E-state index contributed by atoms with van der Waals surface area (Å²) >= 11 is 6.05. The van der Waals surface area contributed by atoms with E-state index in [2.05, 4.69) is 4.74 Å². The maximum atomic E-state index is 13.5. The number of halogens is 1. The fourth-order valence-electron chi connectivity index (χ4n) is 4.39. The van der Waals surface area contributed by atoms with E-state index in [-0.39, 0.29) is 16.3 Å². The van der Waals surface area contributed by atoms with E-state index >= 15 is 0 Å². The first-order valence-corrected chi connectivity index (χ1v) is 9.95. The lowest BCUT2D eigenvalue weighted by Gasteiger charge is -2.34. The van der Waals surface area contributed by atoms with Crippen molar-refractivity contribution in [3.8, 4) is 0 Å². The van der Waals surface area contributed by atoms with E-state index in [0.717, 1.165) is 18.7 Å². The van der Waals surface area contributed by atoms with Crippen molar-refractivity contribution in [3.05, 3.63) is 40.9 Å². The maximum absolute atomic E-state index is 13.5. The highest BCUT2D eigenvalue weighted by molar-refractivity contribution is 6.34. The Labute approximate surface area is 187 Å². The second kappa shape index (κ2) is 7.72. The molecule has 2 bridgehead atoms. The fourth-order valence-corrected chi connectivity index (χ4v) is 4.58. The molecule has 168 valence electrons. The van der Waals surface area contributed by atoms with E-state index in [1.165, 1.54) is 31.4 Å². The molecule has 4 atom stereocenters. The van der Waals surface area contributed by atoms with Gasteiger partial charge in [-0.15, -0.1) is 0 Å². The van der Waals surface area contributed by atoms with Gasteiger partial charge in [-0.1, -0.05) is 17.7 Å². The first kappa shape index (κ1) is 22.0. The number of imide groups is 1. The molecule has 3 aliphatic rings. The molecule has 0 spiro atoms. The van der Waals surface area contributed by atoms with Crippen LogP contribution in [0.4, 0.5) is 5.69 Å². The number of fused-ring (bicyclic) bond motifs is 5. The molecule has 2 saturated heterocycles. The van der Waals surface area contributed by atoms with Crippen LogP contribution in [0.1, 0.15) is 24.2 Å². The van der Waals surface area contributed by atoms with Crippen LogP contribution in [-0.4, -0.2) is 54.8 Å². The number of carbonyl (C=O) groups excluding carboxylic acids is 5. The topological polar surface area (TPSA) is 126 Å².